The van der Waals surface area contributed by atoms with E-state index in [1.165, 1.54) is 11.3 Å². The summed E-state index contributed by atoms with van der Waals surface area (Å²) in [5, 5.41) is 17.7. The Kier molecular flexibility index (Phi) is 3.23. The lowest BCUT2D eigenvalue weighted by Gasteiger charge is -2.16. The molecule has 1 fully saturated rings. The van der Waals surface area contributed by atoms with Gasteiger partial charge in [-0.25, -0.2) is 4.79 Å². The molecule has 3 N–H and O–H groups in total. The summed E-state index contributed by atoms with van der Waals surface area (Å²) in [6.07, 6.45) is 2.23. The largest absolute Gasteiger partial charge is 0.391 e. The van der Waals surface area contributed by atoms with Crippen LogP contribution in [0.15, 0.2) is 17.5 Å². The molecule has 2 unspecified atom stereocenters. The van der Waals surface area contributed by atoms with Crippen LogP contribution in [-0.2, 0) is 0 Å². The first-order valence-corrected chi connectivity index (χ1v) is 5.93. The summed E-state index contributed by atoms with van der Waals surface area (Å²) in [4.78, 5) is 11.5. The lowest BCUT2D eigenvalue weighted by atomic mass is 10.2. The molecule has 1 aliphatic rings. The normalized spacial score (nSPS) is 25.1. The predicted octanol–water partition coefficient (Wildman–Crippen LogP) is 1.78. The van der Waals surface area contributed by atoms with Crippen molar-refractivity contribution in [1.29, 1.82) is 0 Å². The molecular weight excluding hydrogens is 212 g/mol. The summed E-state index contributed by atoms with van der Waals surface area (Å²) in [5.74, 6) is 0. The summed E-state index contributed by atoms with van der Waals surface area (Å²) in [5.41, 5.74) is 0. The average molecular weight is 226 g/mol. The molecule has 5 heteroatoms. The van der Waals surface area contributed by atoms with E-state index in [1.54, 1.807) is 0 Å². The van der Waals surface area contributed by atoms with Gasteiger partial charge in [-0.1, -0.05) is 0 Å². The number of carbonyl (C=O) groups excluding carboxylic acids is 1. The van der Waals surface area contributed by atoms with Gasteiger partial charge in [-0.05, 0) is 36.8 Å². The predicted molar refractivity (Wildman–Crippen MR) is 60.1 cm³/mol. The Hall–Kier alpha value is -1.07. The molecule has 1 saturated carbocycles. The molecule has 4 nitrogen and oxygen atoms in total. The molecule has 0 radical (unpaired) electrons. The smallest absolute Gasteiger partial charge is 0.320 e. The van der Waals surface area contributed by atoms with Crippen LogP contribution < -0.4 is 10.6 Å². The Balaban J connectivity index is 1.82. The second kappa shape index (κ2) is 4.63. The number of amides is 2. The SMILES string of the molecule is O=C(Nc1cccs1)NC1CCCC1O. The lowest BCUT2D eigenvalue weighted by Crippen LogP contribution is -2.42. The molecule has 0 bridgehead atoms. The molecule has 1 aliphatic carbocycles. The van der Waals surface area contributed by atoms with Crippen LogP contribution in [0.3, 0.4) is 0 Å². The Morgan fingerprint density at radius 2 is 2.40 bits per heavy atom. The van der Waals surface area contributed by atoms with Crippen molar-refractivity contribution in [2.24, 2.45) is 0 Å². The van der Waals surface area contributed by atoms with Crippen LogP contribution in [0.25, 0.3) is 0 Å². The van der Waals surface area contributed by atoms with Crippen molar-refractivity contribution in [2.45, 2.75) is 31.4 Å². The first-order valence-electron chi connectivity index (χ1n) is 5.05. The number of hydrogen-bond acceptors (Lipinski definition) is 3. The van der Waals surface area contributed by atoms with Gasteiger partial charge in [-0.2, -0.15) is 0 Å². The van der Waals surface area contributed by atoms with E-state index < -0.39 is 0 Å². The molecule has 2 rings (SSSR count). The van der Waals surface area contributed by atoms with Crippen molar-refractivity contribution in [1.82, 2.24) is 5.32 Å². The Morgan fingerprint density at radius 1 is 1.53 bits per heavy atom. The summed E-state index contributed by atoms with van der Waals surface area (Å²) in [6.45, 7) is 0. The molecule has 1 heterocycles. The zero-order valence-electron chi connectivity index (χ0n) is 8.27. The van der Waals surface area contributed by atoms with Crippen molar-refractivity contribution in [3.05, 3.63) is 17.5 Å². The van der Waals surface area contributed by atoms with Crippen molar-refractivity contribution >= 4 is 22.4 Å². The van der Waals surface area contributed by atoms with Gasteiger partial charge < -0.3 is 10.4 Å². The second-order valence-electron chi connectivity index (χ2n) is 3.68. The van der Waals surface area contributed by atoms with Crippen LogP contribution in [-0.4, -0.2) is 23.3 Å². The first kappa shape index (κ1) is 10.4. The molecule has 15 heavy (non-hydrogen) atoms. The molecule has 1 aromatic rings. The van der Waals surface area contributed by atoms with E-state index in [9.17, 15) is 9.90 Å². The van der Waals surface area contributed by atoms with Crippen LogP contribution >= 0.6 is 11.3 Å². The molecule has 0 spiro atoms. The van der Waals surface area contributed by atoms with Gasteiger partial charge in [0, 0.05) is 0 Å². The minimum absolute atomic E-state index is 0.0926. The fourth-order valence-electron chi connectivity index (χ4n) is 1.77. The minimum Gasteiger partial charge on any atom is -0.391 e. The zero-order chi connectivity index (χ0) is 10.7. The van der Waals surface area contributed by atoms with E-state index in [4.69, 9.17) is 0 Å². The van der Waals surface area contributed by atoms with Crippen LogP contribution in [0.2, 0.25) is 0 Å². The Labute approximate surface area is 92.3 Å². The van der Waals surface area contributed by atoms with Crippen molar-refractivity contribution < 1.29 is 9.90 Å². The fraction of sp³-hybridized carbons (Fsp3) is 0.500. The van der Waals surface area contributed by atoms with E-state index in [0.717, 1.165) is 24.3 Å². The summed E-state index contributed by atoms with van der Waals surface area (Å²) in [7, 11) is 0. The van der Waals surface area contributed by atoms with Gasteiger partial charge in [0.2, 0.25) is 0 Å². The molecule has 0 saturated heterocycles. The van der Waals surface area contributed by atoms with Crippen LogP contribution in [0.5, 0.6) is 0 Å². The van der Waals surface area contributed by atoms with Gasteiger partial charge in [0.05, 0.1) is 17.1 Å². The van der Waals surface area contributed by atoms with Gasteiger partial charge in [0.1, 0.15) is 0 Å². The molecule has 82 valence electrons. The third kappa shape index (κ3) is 2.70. The maximum Gasteiger partial charge on any atom is 0.320 e. The highest BCUT2D eigenvalue weighted by atomic mass is 32.1. The zero-order valence-corrected chi connectivity index (χ0v) is 9.09. The van der Waals surface area contributed by atoms with E-state index in [2.05, 4.69) is 10.6 Å². The summed E-state index contributed by atoms with van der Waals surface area (Å²) in [6, 6.07) is 3.40. The van der Waals surface area contributed by atoms with E-state index in [0.29, 0.717) is 0 Å². The topological polar surface area (TPSA) is 61.4 Å². The Bertz CT molecular complexity index is 326. The van der Waals surface area contributed by atoms with Gasteiger partial charge in [-0.3, -0.25) is 5.32 Å². The molecule has 2 amide bonds. The van der Waals surface area contributed by atoms with E-state index in [1.807, 2.05) is 17.5 Å². The van der Waals surface area contributed by atoms with Gasteiger partial charge in [0.25, 0.3) is 0 Å². The third-order valence-corrected chi connectivity index (χ3v) is 3.34. The number of nitrogens with one attached hydrogen (secondary N) is 2. The standard InChI is InChI=1S/C10H14N2O2S/c13-8-4-1-3-7(8)11-10(14)12-9-5-2-6-15-9/h2,5-8,13H,1,3-4H2,(H2,11,12,14). The highest BCUT2D eigenvalue weighted by Gasteiger charge is 2.26. The Morgan fingerprint density at radius 3 is 3.00 bits per heavy atom. The second-order valence-corrected chi connectivity index (χ2v) is 4.63. The average Bonchev–Trinajstić information content (AvgIpc) is 2.79. The molecule has 2 atom stereocenters. The highest BCUT2D eigenvalue weighted by Crippen LogP contribution is 2.19. The maximum absolute atomic E-state index is 11.5. The van der Waals surface area contributed by atoms with Crippen molar-refractivity contribution in [3.63, 3.8) is 0 Å². The third-order valence-electron chi connectivity index (χ3n) is 2.55. The van der Waals surface area contributed by atoms with Gasteiger partial charge in [-0.15, -0.1) is 11.3 Å². The summed E-state index contributed by atoms with van der Waals surface area (Å²) >= 11 is 1.48. The lowest BCUT2D eigenvalue weighted by molar-refractivity contribution is 0.151. The number of aliphatic hydroxyl groups is 1. The van der Waals surface area contributed by atoms with E-state index >= 15 is 0 Å². The highest BCUT2D eigenvalue weighted by molar-refractivity contribution is 7.14. The molecule has 1 aromatic heterocycles. The van der Waals surface area contributed by atoms with E-state index in [-0.39, 0.29) is 18.2 Å². The van der Waals surface area contributed by atoms with Crippen LogP contribution in [0.1, 0.15) is 19.3 Å². The number of hydrogen-bond donors (Lipinski definition) is 3. The number of urea groups is 1. The number of aliphatic hydroxyl groups excluding tert-OH is 1. The fourth-order valence-corrected chi connectivity index (χ4v) is 2.39. The van der Waals surface area contributed by atoms with Crippen LogP contribution in [0, 0.1) is 0 Å². The monoisotopic (exact) mass is 226 g/mol. The van der Waals surface area contributed by atoms with Crippen LogP contribution in [0.4, 0.5) is 9.80 Å². The molecular formula is C10H14N2O2S. The first-order chi connectivity index (χ1) is 7.25. The van der Waals surface area contributed by atoms with Crippen molar-refractivity contribution in [2.75, 3.05) is 5.32 Å². The van der Waals surface area contributed by atoms with Crippen molar-refractivity contribution in [3.8, 4) is 0 Å². The van der Waals surface area contributed by atoms with Gasteiger partial charge in [0.15, 0.2) is 0 Å². The number of thiophene rings is 1. The number of carbonyl (C=O) groups is 1. The number of rotatable bonds is 2. The minimum atomic E-state index is -0.390. The molecule has 0 aliphatic heterocycles. The maximum atomic E-state index is 11.5. The number of anilines is 1. The quantitative estimate of drug-likeness (QED) is 0.720. The van der Waals surface area contributed by atoms with Gasteiger partial charge >= 0.3 is 6.03 Å². The molecule has 0 aromatic carbocycles. The summed E-state index contributed by atoms with van der Waals surface area (Å²) < 4.78 is 0.